The summed E-state index contributed by atoms with van der Waals surface area (Å²) in [5.41, 5.74) is 0.769. The van der Waals surface area contributed by atoms with Gasteiger partial charge in [-0.3, -0.25) is 0 Å². The van der Waals surface area contributed by atoms with Gasteiger partial charge in [-0.15, -0.1) is 0 Å². The Morgan fingerprint density at radius 1 is 1.64 bits per heavy atom. The van der Waals surface area contributed by atoms with Gasteiger partial charge in [-0.25, -0.2) is 4.68 Å². The second-order valence-corrected chi connectivity index (χ2v) is 2.53. The van der Waals surface area contributed by atoms with E-state index in [1.165, 1.54) is 0 Å². The lowest BCUT2D eigenvalue weighted by atomic mass is 10.4. The maximum absolute atomic E-state index is 9.26. The predicted octanol–water partition coefficient (Wildman–Crippen LogP) is 0.196. The number of hydrogen-bond acceptors (Lipinski definition) is 3. The first-order valence-corrected chi connectivity index (χ1v) is 3.54. The fraction of sp³-hybridized carbons (Fsp3) is 0.571. The molecule has 0 bridgehead atoms. The molecular formula is C7H12N2O2. The minimum absolute atomic E-state index is 0.216. The molecule has 1 aromatic rings. The van der Waals surface area contributed by atoms with E-state index in [1.54, 1.807) is 26.1 Å². The van der Waals surface area contributed by atoms with E-state index >= 15 is 0 Å². The van der Waals surface area contributed by atoms with Crippen LogP contribution < -0.4 is 0 Å². The Bertz CT molecular complexity index is 242. The molecule has 1 rings (SSSR count). The van der Waals surface area contributed by atoms with Crippen LogP contribution in [0.1, 0.15) is 19.0 Å². The highest BCUT2D eigenvalue weighted by molar-refractivity contribution is 4.95. The van der Waals surface area contributed by atoms with Crippen molar-refractivity contribution in [2.45, 2.75) is 26.2 Å². The van der Waals surface area contributed by atoms with Crippen molar-refractivity contribution in [3.8, 4) is 0 Å². The van der Waals surface area contributed by atoms with Gasteiger partial charge in [0.2, 0.25) is 0 Å². The molecule has 4 heteroatoms. The molecular weight excluding hydrogens is 144 g/mol. The zero-order valence-corrected chi connectivity index (χ0v) is 6.65. The lowest BCUT2D eigenvalue weighted by Gasteiger charge is -2.19. The molecule has 0 aliphatic rings. The molecule has 0 saturated heterocycles. The van der Waals surface area contributed by atoms with Gasteiger partial charge in [-0.05, 0) is 13.0 Å². The fourth-order valence-electron chi connectivity index (χ4n) is 0.777. The zero-order chi connectivity index (χ0) is 8.48. The summed E-state index contributed by atoms with van der Waals surface area (Å²) in [5, 5.41) is 22.4. The van der Waals surface area contributed by atoms with Gasteiger partial charge in [0.25, 0.3) is 5.91 Å². The van der Waals surface area contributed by atoms with Gasteiger partial charge in [-0.1, -0.05) is 6.92 Å². The third-order valence-corrected chi connectivity index (χ3v) is 1.56. The monoisotopic (exact) mass is 156 g/mol. The molecule has 0 aliphatic carbocycles. The fourth-order valence-corrected chi connectivity index (χ4v) is 0.777. The van der Waals surface area contributed by atoms with Crippen molar-refractivity contribution in [2.75, 3.05) is 0 Å². The van der Waals surface area contributed by atoms with Crippen LogP contribution in [0.2, 0.25) is 0 Å². The number of rotatable bonds is 2. The van der Waals surface area contributed by atoms with Crippen molar-refractivity contribution in [1.29, 1.82) is 0 Å². The van der Waals surface area contributed by atoms with Gasteiger partial charge in [0.15, 0.2) is 0 Å². The first-order valence-electron chi connectivity index (χ1n) is 3.54. The second-order valence-electron chi connectivity index (χ2n) is 2.53. The van der Waals surface area contributed by atoms with Crippen molar-refractivity contribution in [1.82, 2.24) is 9.78 Å². The Labute approximate surface area is 65.1 Å². The van der Waals surface area contributed by atoms with E-state index in [1.807, 2.05) is 0 Å². The SMILES string of the molecule is CCC(O)(O)n1ccc(C)n1. The molecule has 0 spiro atoms. The van der Waals surface area contributed by atoms with Crippen molar-refractivity contribution < 1.29 is 10.2 Å². The molecule has 1 heterocycles. The molecule has 0 fully saturated rings. The zero-order valence-electron chi connectivity index (χ0n) is 6.65. The molecule has 1 aromatic heterocycles. The normalized spacial score (nSPS) is 12.0. The molecule has 0 amide bonds. The molecule has 0 atom stereocenters. The first kappa shape index (κ1) is 8.23. The van der Waals surface area contributed by atoms with Crippen molar-refractivity contribution in [3.63, 3.8) is 0 Å². The average Bonchev–Trinajstić information content (AvgIpc) is 2.36. The maximum Gasteiger partial charge on any atom is 0.265 e. The van der Waals surface area contributed by atoms with Crippen molar-refractivity contribution in [3.05, 3.63) is 18.0 Å². The Kier molecular flexibility index (Phi) is 1.97. The predicted molar refractivity (Wildman–Crippen MR) is 39.7 cm³/mol. The van der Waals surface area contributed by atoms with E-state index < -0.39 is 5.91 Å². The molecule has 0 radical (unpaired) electrons. The minimum Gasteiger partial charge on any atom is -0.347 e. The van der Waals surface area contributed by atoms with Crippen molar-refractivity contribution >= 4 is 0 Å². The number of aromatic nitrogens is 2. The Morgan fingerprint density at radius 3 is 2.64 bits per heavy atom. The molecule has 0 unspecified atom stereocenters. The third kappa shape index (κ3) is 1.58. The van der Waals surface area contributed by atoms with Crippen LogP contribution in [-0.4, -0.2) is 20.0 Å². The van der Waals surface area contributed by atoms with Crippen LogP contribution in [0.3, 0.4) is 0 Å². The summed E-state index contributed by atoms with van der Waals surface area (Å²) < 4.78 is 1.14. The molecule has 4 nitrogen and oxygen atoms in total. The number of aryl methyl sites for hydroxylation is 1. The summed E-state index contributed by atoms with van der Waals surface area (Å²) in [4.78, 5) is 0. The quantitative estimate of drug-likeness (QED) is 0.601. The van der Waals surface area contributed by atoms with Gasteiger partial charge in [0.1, 0.15) is 0 Å². The molecule has 62 valence electrons. The van der Waals surface area contributed by atoms with Crippen molar-refractivity contribution in [2.24, 2.45) is 0 Å². The van der Waals surface area contributed by atoms with Crippen LogP contribution in [-0.2, 0) is 5.91 Å². The molecule has 11 heavy (non-hydrogen) atoms. The summed E-state index contributed by atoms with van der Waals surface area (Å²) in [6.07, 6.45) is 1.76. The van der Waals surface area contributed by atoms with Gasteiger partial charge in [0, 0.05) is 12.6 Å². The van der Waals surface area contributed by atoms with Gasteiger partial charge in [-0.2, -0.15) is 5.10 Å². The highest BCUT2D eigenvalue weighted by Crippen LogP contribution is 2.11. The van der Waals surface area contributed by atoms with Gasteiger partial charge in [0.05, 0.1) is 5.69 Å². The summed E-state index contributed by atoms with van der Waals surface area (Å²) in [5.74, 6) is -1.84. The average molecular weight is 156 g/mol. The number of nitrogens with zero attached hydrogens (tertiary/aromatic N) is 2. The van der Waals surface area contributed by atoms with Crippen LogP contribution in [0.5, 0.6) is 0 Å². The van der Waals surface area contributed by atoms with E-state index in [-0.39, 0.29) is 6.42 Å². The highest BCUT2D eigenvalue weighted by atomic mass is 16.5. The van der Waals surface area contributed by atoms with E-state index in [4.69, 9.17) is 0 Å². The van der Waals surface area contributed by atoms with Crippen LogP contribution >= 0.6 is 0 Å². The van der Waals surface area contributed by atoms with Crippen LogP contribution in [0, 0.1) is 6.92 Å². The van der Waals surface area contributed by atoms with Gasteiger partial charge < -0.3 is 10.2 Å². The largest absolute Gasteiger partial charge is 0.347 e. The standard InChI is InChI=1S/C7H12N2O2/c1-3-7(10,11)9-5-4-6(2)8-9/h4-5,10-11H,3H2,1-2H3. The Hall–Kier alpha value is -0.870. The summed E-state index contributed by atoms with van der Waals surface area (Å²) >= 11 is 0. The maximum atomic E-state index is 9.26. The van der Waals surface area contributed by atoms with Crippen LogP contribution in [0.4, 0.5) is 0 Å². The number of hydrogen-bond donors (Lipinski definition) is 2. The topological polar surface area (TPSA) is 58.3 Å². The molecule has 0 aliphatic heterocycles. The van der Waals surface area contributed by atoms with E-state index in [2.05, 4.69) is 5.10 Å². The minimum atomic E-state index is -1.84. The summed E-state index contributed by atoms with van der Waals surface area (Å²) in [6.45, 7) is 3.47. The second kappa shape index (κ2) is 2.64. The highest BCUT2D eigenvalue weighted by Gasteiger charge is 2.22. The molecule has 0 saturated carbocycles. The first-order chi connectivity index (χ1) is 5.06. The Morgan fingerprint density at radius 2 is 2.27 bits per heavy atom. The lowest BCUT2D eigenvalue weighted by molar-refractivity contribution is -0.237. The summed E-state index contributed by atoms with van der Waals surface area (Å²) in [6, 6.07) is 1.72. The van der Waals surface area contributed by atoms with E-state index in [0.29, 0.717) is 0 Å². The molecule has 0 aromatic carbocycles. The molecule has 2 N–H and O–H groups in total. The smallest absolute Gasteiger partial charge is 0.265 e. The van der Waals surface area contributed by atoms with Crippen LogP contribution in [0.25, 0.3) is 0 Å². The summed E-state index contributed by atoms with van der Waals surface area (Å²) in [7, 11) is 0. The number of aliphatic hydroxyl groups is 2. The Balaban J connectivity index is 2.92. The third-order valence-electron chi connectivity index (χ3n) is 1.56. The van der Waals surface area contributed by atoms with Crippen LogP contribution in [0.15, 0.2) is 12.3 Å². The van der Waals surface area contributed by atoms with E-state index in [9.17, 15) is 10.2 Å². The lowest BCUT2D eigenvalue weighted by Crippen LogP contribution is -2.32. The van der Waals surface area contributed by atoms with Gasteiger partial charge >= 0.3 is 0 Å². The van der Waals surface area contributed by atoms with E-state index in [0.717, 1.165) is 10.4 Å².